The van der Waals surface area contributed by atoms with Gasteiger partial charge >= 0.3 is 0 Å². The first-order chi connectivity index (χ1) is 22.8. The largest absolute Gasteiger partial charge is 0.508 e. The van der Waals surface area contributed by atoms with Crippen LogP contribution in [-0.4, -0.2) is 39.8 Å². The van der Waals surface area contributed by atoms with Crippen molar-refractivity contribution in [2.24, 2.45) is 23.2 Å². The van der Waals surface area contributed by atoms with E-state index in [1.54, 1.807) is 6.07 Å². The molecule has 0 aliphatic heterocycles. The number of carbonyl (C=O) groups is 1. The molecule has 2 aromatic carbocycles. The number of fused-ring (bicyclic) bond motifs is 5. The molecular weight excluding hydrogens is 585 g/mol. The van der Waals surface area contributed by atoms with Gasteiger partial charge < -0.3 is 15.1 Å². The molecular formula is C42H62FNO3. The third-order valence-electron chi connectivity index (χ3n) is 12.3. The number of aliphatic hydroxyl groups is 1. The zero-order valence-corrected chi connectivity index (χ0v) is 29.4. The second-order valence-electron chi connectivity index (χ2n) is 15.6. The highest BCUT2D eigenvalue weighted by Gasteiger charge is 2.59. The van der Waals surface area contributed by atoms with Gasteiger partial charge in [0.2, 0.25) is 5.91 Å². The van der Waals surface area contributed by atoms with Gasteiger partial charge in [0.15, 0.2) is 0 Å². The zero-order valence-electron chi connectivity index (χ0n) is 29.4. The molecule has 0 aromatic heterocycles. The molecule has 47 heavy (non-hydrogen) atoms. The van der Waals surface area contributed by atoms with Gasteiger partial charge in [0.1, 0.15) is 11.9 Å². The van der Waals surface area contributed by atoms with Crippen LogP contribution < -0.4 is 0 Å². The first-order valence-electron chi connectivity index (χ1n) is 19.3. The maximum Gasteiger partial charge on any atom is 0.222 e. The van der Waals surface area contributed by atoms with Crippen molar-refractivity contribution in [1.29, 1.82) is 0 Å². The summed E-state index contributed by atoms with van der Waals surface area (Å²) in [6.07, 6.45) is 17.7. The third kappa shape index (κ3) is 8.99. The molecule has 2 N–H and O–H groups in total. The maximum atomic E-state index is 16.1. The Morgan fingerprint density at radius 1 is 0.915 bits per heavy atom. The number of aliphatic hydroxyl groups excluding tert-OH is 1. The fourth-order valence-corrected chi connectivity index (χ4v) is 9.76. The minimum absolute atomic E-state index is 0.146. The maximum absolute atomic E-state index is 16.1. The topological polar surface area (TPSA) is 60.8 Å². The lowest BCUT2D eigenvalue weighted by molar-refractivity contribution is -0.132. The highest BCUT2D eigenvalue weighted by Crippen LogP contribution is 2.63. The van der Waals surface area contributed by atoms with E-state index in [0.717, 1.165) is 75.5 Å². The van der Waals surface area contributed by atoms with Gasteiger partial charge in [-0.05, 0) is 96.9 Å². The summed E-state index contributed by atoms with van der Waals surface area (Å²) in [4.78, 5) is 15.5. The fraction of sp³-hybridized carbons (Fsp3) is 0.690. The average Bonchev–Trinajstić information content (AvgIpc) is 3.36. The van der Waals surface area contributed by atoms with Gasteiger partial charge in [0.05, 0.1) is 6.10 Å². The number of hydrogen-bond acceptors (Lipinski definition) is 3. The Bertz CT molecular complexity index is 1250. The lowest BCUT2D eigenvalue weighted by atomic mass is 9.51. The number of halogens is 1. The molecule has 1 amide bonds. The van der Waals surface area contributed by atoms with Crippen LogP contribution in [0.1, 0.15) is 146 Å². The highest BCUT2D eigenvalue weighted by molar-refractivity contribution is 5.76. The Kier molecular flexibility index (Phi) is 13.2. The molecule has 5 rings (SSSR count). The number of aromatic hydroxyl groups is 1. The number of unbranched alkanes of at least 4 members (excludes halogenated alkanes) is 10. The lowest BCUT2D eigenvalue weighted by Crippen LogP contribution is -2.51. The molecule has 4 nitrogen and oxygen atoms in total. The fourth-order valence-electron chi connectivity index (χ4n) is 9.76. The molecule has 3 aliphatic carbocycles. The normalized spacial score (nSPS) is 28.0. The molecule has 0 saturated heterocycles. The summed E-state index contributed by atoms with van der Waals surface area (Å²) in [6.45, 7) is 5.84. The molecule has 0 heterocycles. The van der Waals surface area contributed by atoms with Crippen molar-refractivity contribution >= 4 is 5.91 Å². The van der Waals surface area contributed by atoms with Gasteiger partial charge in [-0.3, -0.25) is 4.79 Å². The number of hydrogen-bond donors (Lipinski definition) is 2. The summed E-state index contributed by atoms with van der Waals surface area (Å²) in [6, 6.07) is 15.9. The summed E-state index contributed by atoms with van der Waals surface area (Å²) >= 11 is 0. The molecule has 0 spiro atoms. The lowest BCUT2D eigenvalue weighted by Gasteiger charge is -2.54. The van der Waals surface area contributed by atoms with Crippen LogP contribution in [0.3, 0.4) is 0 Å². The van der Waals surface area contributed by atoms with Crippen LogP contribution in [0.4, 0.5) is 4.39 Å². The number of benzene rings is 2. The van der Waals surface area contributed by atoms with Gasteiger partial charge in [-0.2, -0.15) is 0 Å². The van der Waals surface area contributed by atoms with Crippen LogP contribution in [0, 0.1) is 23.2 Å². The van der Waals surface area contributed by atoms with Crippen molar-refractivity contribution in [2.45, 2.75) is 154 Å². The second kappa shape index (κ2) is 17.3. The van der Waals surface area contributed by atoms with E-state index in [1.807, 2.05) is 18.2 Å². The first-order valence-corrected chi connectivity index (χ1v) is 19.3. The number of phenols is 1. The van der Waals surface area contributed by atoms with E-state index < -0.39 is 12.3 Å². The third-order valence-corrected chi connectivity index (χ3v) is 12.3. The van der Waals surface area contributed by atoms with Gasteiger partial charge in [-0.25, -0.2) is 4.39 Å². The number of phenolic OH excluding ortho intramolecular Hbond substituents is 1. The van der Waals surface area contributed by atoms with Crippen molar-refractivity contribution in [3.8, 4) is 5.75 Å². The Hall–Kier alpha value is -2.40. The Morgan fingerprint density at radius 3 is 2.36 bits per heavy atom. The standard InChI is InChI=1S/C42H62FNO3/c1-3-4-5-6-7-8-9-10-16-21-39(47)44(30-31-18-13-11-14-19-31)26-17-12-15-20-32-27-33-28-34(45)22-23-35(33)41-37(43)29-42(2)36(40(32)41)24-25-38(42)46/h11,13-14,18-19,22-23,28,32,36-38,40-41,45-46H,3-10,12,15-17,20-21,24-27,29-30H2,1-2H3/t32-,36+,37+,38+,40+,41+,42+/m1/s1. The molecule has 2 saturated carbocycles. The molecule has 2 fully saturated rings. The number of alkyl halides is 1. The second-order valence-corrected chi connectivity index (χ2v) is 15.6. The number of nitrogens with zero attached hydrogens (tertiary/aromatic N) is 1. The quantitative estimate of drug-likeness (QED) is 0.158. The zero-order chi connectivity index (χ0) is 33.2. The predicted octanol–water partition coefficient (Wildman–Crippen LogP) is 10.3. The average molecular weight is 648 g/mol. The number of rotatable bonds is 18. The van der Waals surface area contributed by atoms with Crippen molar-refractivity contribution < 1.29 is 19.4 Å². The van der Waals surface area contributed by atoms with E-state index in [1.165, 1.54) is 50.5 Å². The molecule has 2 aromatic rings. The van der Waals surface area contributed by atoms with E-state index in [0.29, 0.717) is 31.2 Å². The SMILES string of the molecule is CCCCCCCCCCCC(=O)N(CCCCC[C@@H]1Cc2cc(O)ccc2[C@@H]2[C@@H]1[C@@H]1CC[C@H](O)[C@@]1(C)C[C@@H]2F)Cc1ccccc1. The molecule has 260 valence electrons. The van der Waals surface area contributed by atoms with Crippen LogP contribution in [0.25, 0.3) is 0 Å². The van der Waals surface area contributed by atoms with Crippen LogP contribution in [0.15, 0.2) is 48.5 Å². The summed E-state index contributed by atoms with van der Waals surface area (Å²) < 4.78 is 16.1. The van der Waals surface area contributed by atoms with Crippen molar-refractivity contribution in [3.63, 3.8) is 0 Å². The van der Waals surface area contributed by atoms with Gasteiger partial charge in [0.25, 0.3) is 0 Å². The van der Waals surface area contributed by atoms with E-state index in [2.05, 4.69) is 43.0 Å². The smallest absolute Gasteiger partial charge is 0.222 e. The molecule has 0 radical (unpaired) electrons. The van der Waals surface area contributed by atoms with Crippen LogP contribution in [0.5, 0.6) is 5.75 Å². The van der Waals surface area contributed by atoms with Crippen molar-refractivity contribution in [1.82, 2.24) is 4.90 Å². The van der Waals surface area contributed by atoms with Gasteiger partial charge in [-0.15, -0.1) is 0 Å². The van der Waals surface area contributed by atoms with Gasteiger partial charge in [-0.1, -0.05) is 114 Å². The molecule has 7 atom stereocenters. The van der Waals surface area contributed by atoms with E-state index >= 15 is 4.39 Å². The van der Waals surface area contributed by atoms with E-state index in [4.69, 9.17) is 0 Å². The summed E-state index contributed by atoms with van der Waals surface area (Å²) in [5.41, 5.74) is 3.03. The van der Waals surface area contributed by atoms with E-state index in [9.17, 15) is 15.0 Å². The molecule has 0 bridgehead atoms. The van der Waals surface area contributed by atoms with Crippen molar-refractivity contribution in [2.75, 3.05) is 6.54 Å². The minimum atomic E-state index is -0.969. The van der Waals surface area contributed by atoms with Crippen LogP contribution in [0.2, 0.25) is 0 Å². The first kappa shape index (κ1) is 35.9. The van der Waals surface area contributed by atoms with Crippen LogP contribution in [-0.2, 0) is 17.8 Å². The number of amides is 1. The molecule has 0 unspecified atom stereocenters. The Balaban J connectivity index is 1.14. The monoisotopic (exact) mass is 647 g/mol. The Labute approximate surface area is 284 Å². The summed E-state index contributed by atoms with van der Waals surface area (Å²) in [7, 11) is 0. The summed E-state index contributed by atoms with van der Waals surface area (Å²) in [5, 5.41) is 21.2. The predicted molar refractivity (Wildman–Crippen MR) is 190 cm³/mol. The highest BCUT2D eigenvalue weighted by atomic mass is 19.1. The van der Waals surface area contributed by atoms with Crippen LogP contribution >= 0.6 is 0 Å². The molecule has 5 heteroatoms. The van der Waals surface area contributed by atoms with Crippen molar-refractivity contribution in [3.05, 3.63) is 65.2 Å². The van der Waals surface area contributed by atoms with Gasteiger partial charge in [0, 0.05) is 25.4 Å². The minimum Gasteiger partial charge on any atom is -0.508 e. The molecule has 3 aliphatic rings. The Morgan fingerprint density at radius 2 is 1.62 bits per heavy atom. The van der Waals surface area contributed by atoms with E-state index in [-0.39, 0.29) is 28.9 Å². The summed E-state index contributed by atoms with van der Waals surface area (Å²) in [5.74, 6) is 1.30. The number of carbonyl (C=O) groups excluding carboxylic acids is 1.